The molecule has 0 radical (unpaired) electrons. The van der Waals surface area contributed by atoms with E-state index in [0.29, 0.717) is 19.6 Å². The van der Waals surface area contributed by atoms with Gasteiger partial charge in [-0.25, -0.2) is 4.79 Å². The third kappa shape index (κ3) is 9.26. The van der Waals surface area contributed by atoms with E-state index < -0.39 is 11.2 Å². The lowest BCUT2D eigenvalue weighted by molar-refractivity contribution is 0.00585. The number of aliphatic hydroxyl groups is 1. The van der Waals surface area contributed by atoms with E-state index in [0.717, 1.165) is 12.8 Å². The van der Waals surface area contributed by atoms with Gasteiger partial charge in [0.2, 0.25) is 0 Å². The Hall–Kier alpha value is -0.810. The molecule has 1 amide bonds. The van der Waals surface area contributed by atoms with E-state index in [4.69, 9.17) is 4.74 Å². The van der Waals surface area contributed by atoms with Crippen LogP contribution in [0.25, 0.3) is 0 Å². The third-order valence-electron chi connectivity index (χ3n) is 3.23. The Morgan fingerprint density at radius 3 is 2.09 bits per heavy atom. The number of rotatable bonds is 7. The lowest BCUT2D eigenvalue weighted by Crippen LogP contribution is -2.51. The van der Waals surface area contributed by atoms with Gasteiger partial charge >= 0.3 is 6.09 Å². The second-order valence-electron chi connectivity index (χ2n) is 8.23. The van der Waals surface area contributed by atoms with Crippen LogP contribution in [-0.2, 0) is 4.74 Å². The summed E-state index contributed by atoms with van der Waals surface area (Å²) in [5, 5.41) is 13.4. The minimum Gasteiger partial charge on any atom is -0.444 e. The van der Waals surface area contributed by atoms with Crippen molar-refractivity contribution in [1.82, 2.24) is 10.2 Å². The number of hydrogen-bond acceptors (Lipinski definition) is 4. The van der Waals surface area contributed by atoms with Crippen LogP contribution < -0.4 is 5.32 Å². The Bertz CT molecular complexity index is 341. The highest BCUT2D eigenvalue weighted by Gasteiger charge is 2.30. The fraction of sp³-hybridized carbons (Fsp3) is 0.941. The monoisotopic (exact) mass is 316 g/mol. The Morgan fingerprint density at radius 1 is 1.14 bits per heavy atom. The average molecular weight is 316 g/mol. The van der Waals surface area contributed by atoms with Crippen molar-refractivity contribution >= 4 is 6.09 Å². The first kappa shape index (κ1) is 21.2. The largest absolute Gasteiger partial charge is 0.444 e. The van der Waals surface area contributed by atoms with Gasteiger partial charge in [0.25, 0.3) is 0 Å². The number of nitrogens with one attached hydrogen (secondary N) is 1. The van der Waals surface area contributed by atoms with Gasteiger partial charge in [0.15, 0.2) is 0 Å². The normalized spacial score (nSPS) is 15.3. The van der Waals surface area contributed by atoms with Gasteiger partial charge in [-0.1, -0.05) is 13.3 Å². The van der Waals surface area contributed by atoms with Crippen LogP contribution in [0.3, 0.4) is 0 Å². The number of hydrogen-bond donors (Lipinski definition) is 2. The fourth-order valence-corrected chi connectivity index (χ4v) is 2.19. The Morgan fingerprint density at radius 2 is 1.68 bits per heavy atom. The number of nitrogens with zero attached hydrogens (tertiary/aromatic N) is 1. The molecule has 0 aliphatic heterocycles. The molecule has 5 nitrogen and oxygen atoms in total. The molecule has 132 valence electrons. The van der Waals surface area contributed by atoms with Gasteiger partial charge in [-0.2, -0.15) is 0 Å². The van der Waals surface area contributed by atoms with Gasteiger partial charge in [-0.05, 0) is 54.9 Å². The van der Waals surface area contributed by atoms with Crippen LogP contribution in [0.1, 0.15) is 68.2 Å². The molecular weight excluding hydrogens is 280 g/mol. The van der Waals surface area contributed by atoms with E-state index in [1.807, 2.05) is 48.5 Å². The topological polar surface area (TPSA) is 61.8 Å². The Kier molecular flexibility index (Phi) is 7.86. The maximum absolute atomic E-state index is 12.3. The molecule has 1 atom stereocenters. The molecule has 0 aromatic rings. The molecule has 0 rings (SSSR count). The number of ether oxygens (including phenoxy) is 1. The summed E-state index contributed by atoms with van der Waals surface area (Å²) in [6, 6.07) is 0. The standard InChI is InChI=1S/C17H36N2O3/c1-9-10-17(8,21)13-18-11-12-19(15(2,3)4)14(20)22-16(5,6)7/h18,21H,9-13H2,1-8H3. The zero-order valence-electron chi connectivity index (χ0n) is 15.7. The summed E-state index contributed by atoms with van der Waals surface area (Å²) in [5.41, 5.74) is -1.51. The van der Waals surface area contributed by atoms with Crippen molar-refractivity contribution in [2.45, 2.75) is 85.0 Å². The minimum absolute atomic E-state index is 0.304. The van der Waals surface area contributed by atoms with Crippen LogP contribution in [0.4, 0.5) is 4.79 Å². The Labute approximate surface area is 136 Å². The maximum atomic E-state index is 12.3. The number of carbonyl (C=O) groups is 1. The second kappa shape index (κ2) is 8.16. The van der Waals surface area contributed by atoms with E-state index in [1.54, 1.807) is 4.90 Å². The first-order valence-corrected chi connectivity index (χ1v) is 8.22. The zero-order valence-corrected chi connectivity index (χ0v) is 15.7. The summed E-state index contributed by atoms with van der Waals surface area (Å²) in [6.07, 6.45) is 1.40. The maximum Gasteiger partial charge on any atom is 0.410 e. The summed E-state index contributed by atoms with van der Waals surface area (Å²) < 4.78 is 5.47. The van der Waals surface area contributed by atoms with Crippen molar-refractivity contribution in [2.75, 3.05) is 19.6 Å². The predicted molar refractivity (Wildman–Crippen MR) is 91.1 cm³/mol. The molecule has 0 bridgehead atoms. The third-order valence-corrected chi connectivity index (χ3v) is 3.23. The van der Waals surface area contributed by atoms with Crippen LogP contribution in [0.15, 0.2) is 0 Å². The summed E-state index contributed by atoms with van der Waals surface area (Å²) in [5.74, 6) is 0. The van der Waals surface area contributed by atoms with E-state index in [2.05, 4.69) is 12.2 Å². The van der Waals surface area contributed by atoms with Crippen LogP contribution in [-0.4, -0.2) is 52.5 Å². The van der Waals surface area contributed by atoms with Gasteiger partial charge in [-0.3, -0.25) is 0 Å². The Balaban J connectivity index is 4.49. The van der Waals surface area contributed by atoms with E-state index in [1.165, 1.54) is 0 Å². The molecule has 0 heterocycles. The molecule has 22 heavy (non-hydrogen) atoms. The first-order chi connectivity index (χ1) is 9.78. The lowest BCUT2D eigenvalue weighted by Gasteiger charge is -2.37. The van der Waals surface area contributed by atoms with Crippen LogP contribution >= 0.6 is 0 Å². The zero-order chi connectivity index (χ0) is 17.6. The lowest BCUT2D eigenvalue weighted by atomic mass is 10.0. The smallest absolute Gasteiger partial charge is 0.410 e. The van der Waals surface area contributed by atoms with Crippen molar-refractivity contribution in [3.63, 3.8) is 0 Å². The molecule has 0 fully saturated rings. The summed E-state index contributed by atoms with van der Waals surface area (Å²) in [7, 11) is 0. The van der Waals surface area contributed by atoms with Crippen LogP contribution in [0, 0.1) is 0 Å². The van der Waals surface area contributed by atoms with Crippen LogP contribution in [0.2, 0.25) is 0 Å². The molecule has 0 saturated heterocycles. The second-order valence-corrected chi connectivity index (χ2v) is 8.23. The molecule has 1 unspecified atom stereocenters. The number of carbonyl (C=O) groups excluding carboxylic acids is 1. The molecule has 0 aromatic heterocycles. The van der Waals surface area contributed by atoms with Gasteiger partial charge in [0.05, 0.1) is 5.60 Å². The van der Waals surface area contributed by atoms with Gasteiger partial charge in [0, 0.05) is 25.2 Å². The average Bonchev–Trinajstić information content (AvgIpc) is 2.23. The predicted octanol–water partition coefficient (Wildman–Crippen LogP) is 3.16. The summed E-state index contributed by atoms with van der Waals surface area (Å²) >= 11 is 0. The molecule has 2 N–H and O–H groups in total. The highest BCUT2D eigenvalue weighted by atomic mass is 16.6. The van der Waals surface area contributed by atoms with Gasteiger partial charge in [-0.15, -0.1) is 0 Å². The van der Waals surface area contributed by atoms with Gasteiger partial charge in [0.1, 0.15) is 5.60 Å². The quantitative estimate of drug-likeness (QED) is 0.708. The molecule has 0 aromatic carbocycles. The molecule has 0 spiro atoms. The summed E-state index contributed by atoms with van der Waals surface area (Å²) in [4.78, 5) is 14.0. The van der Waals surface area contributed by atoms with Crippen molar-refractivity contribution in [3.8, 4) is 0 Å². The van der Waals surface area contributed by atoms with Crippen molar-refractivity contribution in [3.05, 3.63) is 0 Å². The highest BCUT2D eigenvalue weighted by Crippen LogP contribution is 2.18. The fourth-order valence-electron chi connectivity index (χ4n) is 2.19. The van der Waals surface area contributed by atoms with Crippen molar-refractivity contribution < 1.29 is 14.6 Å². The van der Waals surface area contributed by atoms with Crippen molar-refractivity contribution in [2.24, 2.45) is 0 Å². The molecule has 0 aliphatic rings. The van der Waals surface area contributed by atoms with E-state index in [-0.39, 0.29) is 11.6 Å². The number of amides is 1. The van der Waals surface area contributed by atoms with E-state index in [9.17, 15) is 9.90 Å². The SMILES string of the molecule is CCCC(C)(O)CNCCN(C(=O)OC(C)(C)C)C(C)(C)C. The summed E-state index contributed by atoms with van der Waals surface area (Å²) in [6.45, 7) is 17.1. The molecule has 5 heteroatoms. The van der Waals surface area contributed by atoms with Gasteiger partial charge < -0.3 is 20.1 Å². The highest BCUT2D eigenvalue weighted by molar-refractivity contribution is 5.69. The van der Waals surface area contributed by atoms with Crippen LogP contribution in [0.5, 0.6) is 0 Å². The molecule has 0 saturated carbocycles. The first-order valence-electron chi connectivity index (χ1n) is 8.22. The minimum atomic E-state index is -0.701. The van der Waals surface area contributed by atoms with Crippen molar-refractivity contribution in [1.29, 1.82) is 0 Å². The van der Waals surface area contributed by atoms with E-state index >= 15 is 0 Å². The molecule has 0 aliphatic carbocycles. The molecular formula is C17H36N2O3.